The molecule has 0 fully saturated rings. The molecule has 40 valence electrons. The smallest absolute Gasteiger partial charge is 1.00 e. The Balaban J connectivity index is -0.0000000800. The Hall–Kier alpha value is 1.30. The van der Waals surface area contributed by atoms with E-state index in [4.69, 9.17) is 19.2 Å². The third-order valence-corrected chi connectivity index (χ3v) is 0. The molecule has 0 saturated heterocycles. The second kappa shape index (κ2) is 5.44. The second-order valence-corrected chi connectivity index (χ2v) is 1.34. The molecule has 0 heterocycles. The molecule has 0 N–H and O–H groups in total. The maximum Gasteiger partial charge on any atom is 2.00 e. The number of hydrogen-bond donors (Lipinski definition) is 0. The minimum absolute atomic E-state index is 0. The van der Waals surface area contributed by atoms with Crippen molar-refractivity contribution in [1.82, 2.24) is 0 Å². The summed E-state index contributed by atoms with van der Waals surface area (Å²) >= 11 is 0. The van der Waals surface area contributed by atoms with Crippen LogP contribution in [0, 0.1) is 0 Å². The molecule has 0 aliphatic heterocycles. The van der Waals surface area contributed by atoms with Gasteiger partial charge >= 0.3 is 37.7 Å². The molecule has 0 aliphatic rings. The fourth-order valence-corrected chi connectivity index (χ4v) is 0. The SMILES string of the molecule is O=P([O-])([O-])[O-].[Ca+2].[F-]. The predicted octanol–water partition coefficient (Wildman–Crippen LogP) is -6.20. The van der Waals surface area contributed by atoms with Gasteiger partial charge in [0.1, 0.15) is 0 Å². The van der Waals surface area contributed by atoms with Crippen LogP contribution in [0.3, 0.4) is 0 Å². The Morgan fingerprint density at radius 3 is 1.14 bits per heavy atom. The largest absolute Gasteiger partial charge is 2.00 e. The summed E-state index contributed by atoms with van der Waals surface area (Å²) in [4.78, 5) is 25.6. The first-order valence-corrected chi connectivity index (χ1v) is 2.19. The van der Waals surface area contributed by atoms with Gasteiger partial charge in [0.2, 0.25) is 0 Å². The molecule has 0 atom stereocenters. The third-order valence-electron chi connectivity index (χ3n) is 0. The van der Waals surface area contributed by atoms with Crippen LogP contribution in [-0.2, 0) is 4.57 Å². The monoisotopic (exact) mass is 154 g/mol. The van der Waals surface area contributed by atoms with Gasteiger partial charge in [-0.15, -0.1) is 0 Å². The van der Waals surface area contributed by atoms with Crippen LogP contribution in [-0.4, -0.2) is 37.7 Å². The maximum atomic E-state index is 8.55. The molecular weight excluding hydrogens is 154 g/mol. The van der Waals surface area contributed by atoms with E-state index in [9.17, 15) is 0 Å². The van der Waals surface area contributed by atoms with Gasteiger partial charge in [-0.3, -0.25) is 0 Å². The van der Waals surface area contributed by atoms with Crippen LogP contribution in [0.4, 0.5) is 0 Å². The summed E-state index contributed by atoms with van der Waals surface area (Å²) in [6.07, 6.45) is 0. The molecule has 0 aliphatic carbocycles. The molecule has 7 heteroatoms. The van der Waals surface area contributed by atoms with Crippen LogP contribution >= 0.6 is 7.82 Å². The fourth-order valence-electron chi connectivity index (χ4n) is 0. The van der Waals surface area contributed by atoms with E-state index in [1.165, 1.54) is 0 Å². The maximum absolute atomic E-state index is 8.55. The second-order valence-electron chi connectivity index (χ2n) is 0.447. The van der Waals surface area contributed by atoms with E-state index >= 15 is 0 Å². The van der Waals surface area contributed by atoms with Crippen LogP contribution in [0.25, 0.3) is 0 Å². The van der Waals surface area contributed by atoms with Gasteiger partial charge in [-0.05, 0) is 0 Å². The van der Waals surface area contributed by atoms with Crippen LogP contribution < -0.4 is 19.4 Å². The van der Waals surface area contributed by atoms with Crippen LogP contribution in [0.15, 0.2) is 0 Å². The number of phosphoric acid groups is 1. The van der Waals surface area contributed by atoms with Crippen LogP contribution in [0.2, 0.25) is 0 Å². The first-order valence-electron chi connectivity index (χ1n) is 0.730. The zero-order valence-electron chi connectivity index (χ0n) is 3.17. The van der Waals surface area contributed by atoms with Crippen molar-refractivity contribution < 1.29 is 23.9 Å². The summed E-state index contributed by atoms with van der Waals surface area (Å²) < 4.78 is 8.55. The van der Waals surface area contributed by atoms with E-state index < -0.39 is 7.82 Å². The minimum Gasteiger partial charge on any atom is -1.00 e. The zero-order chi connectivity index (χ0) is 4.50. The first kappa shape index (κ1) is 15.7. The van der Waals surface area contributed by atoms with Crippen molar-refractivity contribution in [2.24, 2.45) is 0 Å². The van der Waals surface area contributed by atoms with Gasteiger partial charge in [0.25, 0.3) is 0 Å². The molecule has 0 unspecified atom stereocenters. The van der Waals surface area contributed by atoms with Crippen molar-refractivity contribution in [3.63, 3.8) is 0 Å². The Morgan fingerprint density at radius 2 is 1.14 bits per heavy atom. The average Bonchev–Trinajstić information content (AvgIpc) is 0.722. The zero-order valence-corrected chi connectivity index (χ0v) is 6.27. The van der Waals surface area contributed by atoms with E-state index in [-0.39, 0.29) is 42.4 Å². The van der Waals surface area contributed by atoms with E-state index in [0.717, 1.165) is 0 Å². The summed E-state index contributed by atoms with van der Waals surface area (Å²) in [5.74, 6) is 0. The Morgan fingerprint density at radius 1 is 1.14 bits per heavy atom. The number of halogens is 1. The number of rotatable bonds is 0. The van der Waals surface area contributed by atoms with Crippen LogP contribution in [0.5, 0.6) is 0 Å². The van der Waals surface area contributed by atoms with Gasteiger partial charge in [-0.25, -0.2) is 0 Å². The Kier molecular flexibility index (Phi) is 12.2. The predicted molar refractivity (Wildman–Crippen MR) is 13.4 cm³/mol. The molecule has 0 aromatic rings. The molecule has 0 aromatic heterocycles. The Labute approximate surface area is 69.2 Å². The van der Waals surface area contributed by atoms with Crippen LogP contribution in [0.1, 0.15) is 0 Å². The van der Waals surface area contributed by atoms with Crippen molar-refractivity contribution in [3.8, 4) is 0 Å². The summed E-state index contributed by atoms with van der Waals surface area (Å²) in [5, 5.41) is 0. The van der Waals surface area contributed by atoms with E-state index in [1.807, 2.05) is 0 Å². The minimum atomic E-state index is -5.39. The summed E-state index contributed by atoms with van der Waals surface area (Å²) in [7, 11) is -5.39. The molecule has 0 radical (unpaired) electrons. The molecule has 4 nitrogen and oxygen atoms in total. The van der Waals surface area contributed by atoms with E-state index in [0.29, 0.717) is 0 Å². The normalized spacial score (nSPS) is 8.43. The van der Waals surface area contributed by atoms with E-state index in [1.54, 1.807) is 0 Å². The van der Waals surface area contributed by atoms with E-state index in [2.05, 4.69) is 0 Å². The molecule has 0 bridgehead atoms. The molecule has 7 heavy (non-hydrogen) atoms. The van der Waals surface area contributed by atoms with Gasteiger partial charge in [0.05, 0.1) is 0 Å². The van der Waals surface area contributed by atoms with Gasteiger partial charge in [0.15, 0.2) is 0 Å². The summed E-state index contributed by atoms with van der Waals surface area (Å²) in [5.41, 5.74) is 0. The molecular formula is CaFO4P-2. The molecule has 0 aromatic carbocycles. The summed E-state index contributed by atoms with van der Waals surface area (Å²) in [6, 6.07) is 0. The van der Waals surface area contributed by atoms with Crippen molar-refractivity contribution in [2.75, 3.05) is 0 Å². The fraction of sp³-hybridized carbons (Fsp3) is 0. The van der Waals surface area contributed by atoms with Gasteiger partial charge in [-0.2, -0.15) is 7.82 Å². The van der Waals surface area contributed by atoms with Crippen molar-refractivity contribution in [2.45, 2.75) is 0 Å². The molecule has 0 saturated carbocycles. The first-order chi connectivity index (χ1) is 2.00. The van der Waals surface area contributed by atoms with Gasteiger partial charge < -0.3 is 23.9 Å². The quantitative estimate of drug-likeness (QED) is 0.256. The van der Waals surface area contributed by atoms with Crippen molar-refractivity contribution in [3.05, 3.63) is 0 Å². The van der Waals surface area contributed by atoms with Crippen molar-refractivity contribution >= 4 is 45.6 Å². The topological polar surface area (TPSA) is 86.2 Å². The third kappa shape index (κ3) is 121. The molecule has 0 spiro atoms. The van der Waals surface area contributed by atoms with Crippen molar-refractivity contribution in [1.29, 1.82) is 0 Å². The summed E-state index contributed by atoms with van der Waals surface area (Å²) in [6.45, 7) is 0. The average molecular weight is 154 g/mol. The standard InChI is InChI=1S/Ca.FH.H3O4P/c;;1-5(2,3)4/h;1H;(H3,1,2,3,4)/q+2;;/p-4. The molecule has 0 amide bonds. The Bertz CT molecular complexity index is 57.8. The number of hydrogen-bond acceptors (Lipinski definition) is 4. The van der Waals surface area contributed by atoms with Gasteiger partial charge in [0, 0.05) is 0 Å². The molecule has 0 rings (SSSR count). The van der Waals surface area contributed by atoms with Gasteiger partial charge in [-0.1, -0.05) is 0 Å².